The second-order valence-electron chi connectivity index (χ2n) is 7.61. The summed E-state index contributed by atoms with van der Waals surface area (Å²) in [4.78, 5) is 22.9. The number of rotatable bonds is 7. The van der Waals surface area contributed by atoms with E-state index in [1.807, 2.05) is 56.5 Å². The van der Waals surface area contributed by atoms with Gasteiger partial charge < -0.3 is 14.4 Å². The van der Waals surface area contributed by atoms with Crippen LogP contribution >= 0.6 is 34.2 Å². The highest BCUT2D eigenvalue weighted by molar-refractivity contribution is 14.1. The first-order chi connectivity index (χ1) is 13.2. The van der Waals surface area contributed by atoms with Crippen molar-refractivity contribution in [2.75, 3.05) is 6.61 Å². The number of benzene rings is 1. The quantitative estimate of drug-likeness (QED) is 0.0677. The lowest BCUT2D eigenvalue weighted by Crippen LogP contribution is -2.39. The second kappa shape index (κ2) is 9.89. The molecule has 0 radical (unpaired) electrons. The van der Waals surface area contributed by atoms with Gasteiger partial charge in [-0.2, -0.15) is 0 Å². The molecule has 0 heterocycles. The van der Waals surface area contributed by atoms with Crippen LogP contribution in [0.1, 0.15) is 33.3 Å². The Bertz CT molecular complexity index is 865. The van der Waals surface area contributed by atoms with Crippen molar-refractivity contribution in [3.63, 3.8) is 0 Å². The third-order valence-corrected chi connectivity index (χ3v) is 9.68. The number of oxime groups is 1. The predicted octanol–water partition coefficient (Wildman–Crippen LogP) is 5.69. The zero-order valence-electron chi connectivity index (χ0n) is 17.1. The average Bonchev–Trinajstić information content (AvgIpc) is 2.58. The van der Waals surface area contributed by atoms with Crippen LogP contribution < -0.4 is 0 Å². The van der Waals surface area contributed by atoms with Crippen molar-refractivity contribution in [3.05, 3.63) is 42.0 Å². The Labute approximate surface area is 189 Å². The molecule has 29 heavy (non-hydrogen) atoms. The van der Waals surface area contributed by atoms with Crippen molar-refractivity contribution >= 4 is 66.1 Å². The van der Waals surface area contributed by atoms with E-state index in [9.17, 15) is 20.0 Å². The molecule has 0 amide bonds. The lowest BCUT2D eigenvalue weighted by Gasteiger charge is -2.33. The van der Waals surface area contributed by atoms with Gasteiger partial charge in [0.2, 0.25) is 0 Å². The van der Waals surface area contributed by atoms with Crippen molar-refractivity contribution in [2.24, 2.45) is 5.16 Å². The first-order valence-corrected chi connectivity index (χ1v) is 13.0. The lowest BCUT2D eigenvalue weighted by atomic mass is 10.1. The van der Waals surface area contributed by atoms with Gasteiger partial charge in [-0.1, -0.05) is 32.4 Å². The summed E-state index contributed by atoms with van der Waals surface area (Å²) in [5.41, 5.74) is -0.784. The molecule has 11 heteroatoms. The average molecular weight is 555 g/mol. The fourth-order valence-electron chi connectivity index (χ4n) is 1.79. The summed E-state index contributed by atoms with van der Waals surface area (Å²) in [5.74, 6) is -1.44. The monoisotopic (exact) mass is 554 g/mol. The molecule has 0 aliphatic rings. The van der Waals surface area contributed by atoms with E-state index in [2.05, 4.69) is 5.16 Å². The maximum atomic E-state index is 12.4. The first-order valence-electron chi connectivity index (χ1n) is 8.68. The molecule has 1 rings (SSSR count). The van der Waals surface area contributed by atoms with E-state index in [1.54, 1.807) is 6.92 Å². The summed E-state index contributed by atoms with van der Waals surface area (Å²) in [7, 11) is -2.25. The highest BCUT2D eigenvalue weighted by Crippen LogP contribution is 2.37. The van der Waals surface area contributed by atoms with Crippen LogP contribution in [0, 0.1) is 13.7 Å². The van der Waals surface area contributed by atoms with Crippen LogP contribution in [0.4, 0.5) is 5.69 Å². The van der Waals surface area contributed by atoms with Crippen LogP contribution in [0.3, 0.4) is 0 Å². The molecule has 0 aromatic heterocycles. The van der Waals surface area contributed by atoms with E-state index in [1.165, 1.54) is 12.1 Å². The van der Waals surface area contributed by atoms with Gasteiger partial charge in [-0.15, -0.1) is 5.16 Å². The zero-order chi connectivity index (χ0) is 22.6. The smallest absolute Gasteiger partial charge is 0.343 e. The molecule has 0 unspecified atom stereocenters. The van der Waals surface area contributed by atoms with E-state index in [0.29, 0.717) is 3.57 Å². The van der Waals surface area contributed by atoms with Crippen molar-refractivity contribution in [2.45, 2.75) is 45.8 Å². The number of ether oxygens (including phenoxy) is 1. The summed E-state index contributed by atoms with van der Waals surface area (Å²) in [5, 5.41) is 25.4. The number of esters is 1. The fraction of sp³-hybridized carbons (Fsp3) is 0.444. The zero-order valence-corrected chi connectivity index (χ0v) is 21.0. The number of hydrogen-bond donors (Lipinski definition) is 1. The van der Waals surface area contributed by atoms with Crippen LogP contribution in [0.25, 0.3) is 5.76 Å². The van der Waals surface area contributed by atoms with Crippen molar-refractivity contribution in [1.29, 1.82) is 0 Å². The number of nitrogens with zero attached hydrogens (tertiary/aromatic N) is 2. The SMILES string of the molecule is CCOC(=O)C(/C=N/O[Si](C)(C)C(C)(C)C)=C(\O)c1cc(I)cc([N+](=O)[O-])c1Cl. The molecule has 0 aliphatic carbocycles. The largest absolute Gasteiger partial charge is 0.506 e. The van der Waals surface area contributed by atoms with Gasteiger partial charge in [-0.05, 0) is 53.7 Å². The highest BCUT2D eigenvalue weighted by Gasteiger charge is 2.39. The summed E-state index contributed by atoms with van der Waals surface area (Å²) in [6, 6.07) is 2.69. The van der Waals surface area contributed by atoms with E-state index < -0.39 is 30.7 Å². The number of carbonyl (C=O) groups is 1. The minimum atomic E-state index is -2.25. The Morgan fingerprint density at radius 2 is 2.00 bits per heavy atom. The molecule has 0 spiro atoms. The van der Waals surface area contributed by atoms with Crippen LogP contribution in [-0.2, 0) is 14.1 Å². The van der Waals surface area contributed by atoms with Gasteiger partial charge in [-0.3, -0.25) is 10.1 Å². The highest BCUT2D eigenvalue weighted by atomic mass is 127. The van der Waals surface area contributed by atoms with Crippen molar-refractivity contribution in [1.82, 2.24) is 0 Å². The summed E-state index contributed by atoms with van der Waals surface area (Å²) in [6.45, 7) is 11.7. The molecular weight excluding hydrogens is 531 g/mol. The number of nitro groups is 1. The van der Waals surface area contributed by atoms with Crippen LogP contribution in [0.5, 0.6) is 0 Å². The normalized spacial score (nSPS) is 13.2. The Balaban J connectivity index is 3.51. The van der Waals surface area contributed by atoms with Gasteiger partial charge in [0.25, 0.3) is 14.0 Å². The number of halogens is 2. The van der Waals surface area contributed by atoms with Gasteiger partial charge in [0, 0.05) is 15.2 Å². The summed E-state index contributed by atoms with van der Waals surface area (Å²) >= 11 is 7.96. The minimum Gasteiger partial charge on any atom is -0.506 e. The Morgan fingerprint density at radius 3 is 2.48 bits per heavy atom. The van der Waals surface area contributed by atoms with Crippen molar-refractivity contribution < 1.29 is 24.1 Å². The van der Waals surface area contributed by atoms with Gasteiger partial charge >= 0.3 is 5.97 Å². The minimum absolute atomic E-state index is 0.0623. The van der Waals surface area contributed by atoms with Crippen LogP contribution in [0.15, 0.2) is 22.9 Å². The number of nitro benzene ring substituents is 1. The first kappa shape index (κ1) is 25.4. The molecule has 1 N–H and O–H groups in total. The Morgan fingerprint density at radius 1 is 1.41 bits per heavy atom. The van der Waals surface area contributed by atoms with Crippen molar-refractivity contribution in [3.8, 4) is 0 Å². The predicted molar refractivity (Wildman–Crippen MR) is 124 cm³/mol. The Kier molecular flexibility index (Phi) is 8.66. The summed E-state index contributed by atoms with van der Waals surface area (Å²) in [6.07, 6.45) is 1.05. The van der Waals surface area contributed by atoms with E-state index in [0.717, 1.165) is 6.21 Å². The standard InChI is InChI=1S/C18H24ClIN2O6Si/c1-7-27-17(24)13(10-21-28-29(5,6)18(2,3)4)16(23)12-8-11(20)9-14(15(12)19)22(25)26/h8-10,23H,7H2,1-6H3/b16-13-,21-10+. The van der Waals surface area contributed by atoms with Gasteiger partial charge in [0.15, 0.2) is 0 Å². The van der Waals surface area contributed by atoms with Crippen LogP contribution in [-0.4, -0.2) is 37.1 Å². The van der Waals surface area contributed by atoms with Gasteiger partial charge in [0.05, 0.1) is 17.7 Å². The number of aliphatic hydroxyl groups is 1. The van der Waals surface area contributed by atoms with Gasteiger partial charge in [-0.25, -0.2) is 4.79 Å². The molecule has 0 bridgehead atoms. The molecule has 1 aromatic rings. The maximum Gasteiger partial charge on any atom is 0.343 e. The van der Waals surface area contributed by atoms with E-state index >= 15 is 0 Å². The van der Waals surface area contributed by atoms with Gasteiger partial charge in [0.1, 0.15) is 16.4 Å². The molecule has 1 aromatic carbocycles. The molecule has 0 atom stereocenters. The molecule has 8 nitrogen and oxygen atoms in total. The molecule has 0 fully saturated rings. The fourth-order valence-corrected chi connectivity index (χ4v) is 3.26. The molecule has 160 valence electrons. The second-order valence-corrected chi connectivity index (χ2v) is 13.9. The third-order valence-electron chi connectivity index (χ3n) is 4.49. The summed E-state index contributed by atoms with van der Waals surface area (Å²) < 4.78 is 11.1. The number of carbonyl (C=O) groups excluding carboxylic acids is 1. The van der Waals surface area contributed by atoms with Crippen LogP contribution in [0.2, 0.25) is 23.2 Å². The molecular formula is C18H24ClIN2O6Si. The third kappa shape index (κ3) is 6.41. The van der Waals surface area contributed by atoms with E-state index in [-0.39, 0.29) is 27.8 Å². The van der Waals surface area contributed by atoms with E-state index in [4.69, 9.17) is 20.9 Å². The molecule has 0 aliphatic heterocycles. The molecule has 0 saturated carbocycles. The lowest BCUT2D eigenvalue weighted by molar-refractivity contribution is -0.384. The number of hydrogen-bond acceptors (Lipinski definition) is 7. The molecule has 0 saturated heterocycles. The number of aliphatic hydroxyl groups excluding tert-OH is 1. The topological polar surface area (TPSA) is 111 Å². The Hall–Kier alpha value is -1.66. The maximum absolute atomic E-state index is 12.4.